The van der Waals surface area contributed by atoms with Gasteiger partial charge in [-0.2, -0.15) is 0 Å². The van der Waals surface area contributed by atoms with Crippen molar-refractivity contribution in [3.63, 3.8) is 0 Å². The topological polar surface area (TPSA) is 29.1 Å². The Morgan fingerprint density at radius 1 is 1.53 bits per heavy atom. The van der Waals surface area contributed by atoms with Crippen LogP contribution in [-0.2, 0) is 0 Å². The molecule has 0 saturated heterocycles. The molecule has 0 heterocycles. The van der Waals surface area contributed by atoms with Crippen molar-refractivity contribution in [1.29, 1.82) is 0 Å². The lowest BCUT2D eigenvalue weighted by Gasteiger charge is -2.06. The van der Waals surface area contributed by atoms with Gasteiger partial charge in [0.15, 0.2) is 0 Å². The summed E-state index contributed by atoms with van der Waals surface area (Å²) in [5.74, 6) is -0.110. The SMILES string of the molecule is Cc1ccc(C(=O)NCCCBr)c(Cl)c1. The maximum atomic E-state index is 11.6. The summed E-state index contributed by atoms with van der Waals surface area (Å²) in [7, 11) is 0. The van der Waals surface area contributed by atoms with E-state index >= 15 is 0 Å². The first-order valence-corrected chi connectivity index (χ1v) is 6.25. The van der Waals surface area contributed by atoms with Crippen LogP contribution in [0.15, 0.2) is 18.2 Å². The summed E-state index contributed by atoms with van der Waals surface area (Å²) in [6.45, 7) is 2.60. The number of halogens is 2. The van der Waals surface area contributed by atoms with Gasteiger partial charge in [0.25, 0.3) is 5.91 Å². The summed E-state index contributed by atoms with van der Waals surface area (Å²) in [5.41, 5.74) is 1.59. The fourth-order valence-corrected chi connectivity index (χ4v) is 1.77. The van der Waals surface area contributed by atoms with E-state index in [4.69, 9.17) is 11.6 Å². The summed E-state index contributed by atoms with van der Waals surface area (Å²) in [5, 5.41) is 4.20. The van der Waals surface area contributed by atoms with Crippen LogP contribution >= 0.6 is 27.5 Å². The molecule has 0 aromatic heterocycles. The van der Waals surface area contributed by atoms with E-state index in [1.165, 1.54) is 0 Å². The number of carbonyl (C=O) groups is 1. The Bertz CT molecular complexity index is 354. The monoisotopic (exact) mass is 289 g/mol. The molecular weight excluding hydrogens is 277 g/mol. The van der Waals surface area contributed by atoms with E-state index < -0.39 is 0 Å². The van der Waals surface area contributed by atoms with E-state index in [2.05, 4.69) is 21.2 Å². The van der Waals surface area contributed by atoms with Crippen LogP contribution in [0.4, 0.5) is 0 Å². The lowest BCUT2D eigenvalue weighted by atomic mass is 10.1. The second kappa shape index (κ2) is 6.13. The number of benzene rings is 1. The van der Waals surface area contributed by atoms with Crippen LogP contribution in [0.1, 0.15) is 22.3 Å². The van der Waals surface area contributed by atoms with E-state index in [9.17, 15) is 4.79 Å². The van der Waals surface area contributed by atoms with Gasteiger partial charge in [0.2, 0.25) is 0 Å². The van der Waals surface area contributed by atoms with E-state index in [1.54, 1.807) is 12.1 Å². The molecule has 0 fully saturated rings. The first-order chi connectivity index (χ1) is 7.15. The third-order valence-electron chi connectivity index (χ3n) is 1.97. The molecular formula is C11H13BrClNO. The molecule has 0 saturated carbocycles. The summed E-state index contributed by atoms with van der Waals surface area (Å²) in [6, 6.07) is 5.42. The van der Waals surface area contributed by atoms with Gasteiger partial charge in [0.05, 0.1) is 10.6 Å². The molecule has 0 radical (unpaired) electrons. The van der Waals surface area contributed by atoms with E-state index in [0.717, 1.165) is 17.3 Å². The van der Waals surface area contributed by atoms with Crippen molar-refractivity contribution in [2.45, 2.75) is 13.3 Å². The Hall–Kier alpha value is -0.540. The van der Waals surface area contributed by atoms with Crippen LogP contribution in [0.5, 0.6) is 0 Å². The fourth-order valence-electron chi connectivity index (χ4n) is 1.17. The first-order valence-electron chi connectivity index (χ1n) is 4.75. The fraction of sp³-hybridized carbons (Fsp3) is 0.364. The molecule has 2 nitrogen and oxygen atoms in total. The number of alkyl halides is 1. The summed E-state index contributed by atoms with van der Waals surface area (Å²) in [4.78, 5) is 11.6. The summed E-state index contributed by atoms with van der Waals surface area (Å²) < 4.78 is 0. The molecule has 1 aromatic rings. The predicted molar refractivity (Wildman–Crippen MR) is 66.9 cm³/mol. The zero-order valence-electron chi connectivity index (χ0n) is 8.52. The molecule has 1 rings (SSSR count). The Morgan fingerprint density at radius 2 is 2.27 bits per heavy atom. The number of carbonyl (C=O) groups excluding carboxylic acids is 1. The van der Waals surface area contributed by atoms with Gasteiger partial charge in [-0.3, -0.25) is 4.79 Å². The van der Waals surface area contributed by atoms with Crippen LogP contribution in [0.2, 0.25) is 5.02 Å². The maximum Gasteiger partial charge on any atom is 0.252 e. The largest absolute Gasteiger partial charge is 0.352 e. The Labute approximate surface area is 103 Å². The van der Waals surface area contributed by atoms with Gasteiger partial charge in [-0.05, 0) is 31.0 Å². The lowest BCUT2D eigenvalue weighted by Crippen LogP contribution is -2.24. The highest BCUT2D eigenvalue weighted by atomic mass is 79.9. The average Bonchev–Trinajstić information content (AvgIpc) is 2.17. The minimum atomic E-state index is -0.110. The van der Waals surface area contributed by atoms with Gasteiger partial charge < -0.3 is 5.32 Å². The molecule has 0 aliphatic rings. The zero-order chi connectivity index (χ0) is 11.3. The summed E-state index contributed by atoms with van der Waals surface area (Å²) in [6.07, 6.45) is 0.912. The molecule has 82 valence electrons. The normalized spacial score (nSPS) is 10.1. The highest BCUT2D eigenvalue weighted by molar-refractivity contribution is 9.09. The van der Waals surface area contributed by atoms with Crippen LogP contribution in [0.25, 0.3) is 0 Å². The predicted octanol–water partition coefficient (Wildman–Crippen LogP) is 3.16. The Morgan fingerprint density at radius 3 is 2.87 bits per heavy atom. The Balaban J connectivity index is 2.65. The van der Waals surface area contributed by atoms with E-state index in [1.807, 2.05) is 13.0 Å². The van der Waals surface area contributed by atoms with Crippen LogP contribution < -0.4 is 5.32 Å². The van der Waals surface area contributed by atoms with E-state index in [0.29, 0.717) is 17.1 Å². The zero-order valence-corrected chi connectivity index (χ0v) is 10.9. The van der Waals surface area contributed by atoms with Gasteiger partial charge in [-0.15, -0.1) is 0 Å². The highest BCUT2D eigenvalue weighted by Crippen LogP contribution is 2.17. The number of hydrogen-bond acceptors (Lipinski definition) is 1. The minimum absolute atomic E-state index is 0.110. The van der Waals surface area contributed by atoms with Crippen molar-refractivity contribution in [3.8, 4) is 0 Å². The van der Waals surface area contributed by atoms with Gasteiger partial charge in [0.1, 0.15) is 0 Å². The molecule has 1 amide bonds. The van der Waals surface area contributed by atoms with Crippen molar-refractivity contribution < 1.29 is 4.79 Å². The minimum Gasteiger partial charge on any atom is -0.352 e. The van der Waals surface area contributed by atoms with Gasteiger partial charge in [0, 0.05) is 11.9 Å². The van der Waals surface area contributed by atoms with E-state index in [-0.39, 0.29) is 5.91 Å². The molecule has 0 atom stereocenters. The average molecular weight is 291 g/mol. The molecule has 1 aromatic carbocycles. The van der Waals surface area contributed by atoms with Crippen molar-refractivity contribution in [1.82, 2.24) is 5.32 Å². The van der Waals surface area contributed by atoms with Crippen LogP contribution in [0.3, 0.4) is 0 Å². The molecule has 1 N–H and O–H groups in total. The maximum absolute atomic E-state index is 11.6. The Kier molecular flexibility index (Phi) is 5.12. The van der Waals surface area contributed by atoms with Crippen molar-refractivity contribution in [3.05, 3.63) is 34.3 Å². The number of hydrogen-bond donors (Lipinski definition) is 1. The smallest absolute Gasteiger partial charge is 0.252 e. The quantitative estimate of drug-likeness (QED) is 0.670. The van der Waals surface area contributed by atoms with Crippen molar-refractivity contribution >= 4 is 33.4 Å². The third kappa shape index (κ3) is 3.84. The standard InChI is InChI=1S/C11H13BrClNO/c1-8-3-4-9(10(13)7-8)11(15)14-6-2-5-12/h3-4,7H,2,5-6H2,1H3,(H,14,15). The molecule has 0 aliphatic heterocycles. The first kappa shape index (κ1) is 12.5. The van der Waals surface area contributed by atoms with Gasteiger partial charge in [-0.25, -0.2) is 0 Å². The highest BCUT2D eigenvalue weighted by Gasteiger charge is 2.08. The van der Waals surface area contributed by atoms with Crippen LogP contribution in [-0.4, -0.2) is 17.8 Å². The lowest BCUT2D eigenvalue weighted by molar-refractivity contribution is 0.0954. The number of amides is 1. The number of nitrogens with one attached hydrogen (secondary N) is 1. The second-order valence-corrected chi connectivity index (χ2v) is 4.48. The van der Waals surface area contributed by atoms with Gasteiger partial charge in [-0.1, -0.05) is 33.6 Å². The molecule has 0 unspecified atom stereocenters. The van der Waals surface area contributed by atoms with Crippen LogP contribution in [0, 0.1) is 6.92 Å². The molecule has 0 spiro atoms. The van der Waals surface area contributed by atoms with Crippen molar-refractivity contribution in [2.24, 2.45) is 0 Å². The van der Waals surface area contributed by atoms with Crippen molar-refractivity contribution in [2.75, 3.05) is 11.9 Å². The molecule has 0 aliphatic carbocycles. The number of rotatable bonds is 4. The molecule has 4 heteroatoms. The molecule has 0 bridgehead atoms. The third-order valence-corrected chi connectivity index (χ3v) is 2.84. The summed E-state index contributed by atoms with van der Waals surface area (Å²) >= 11 is 9.27. The van der Waals surface area contributed by atoms with Gasteiger partial charge >= 0.3 is 0 Å². The number of aryl methyl sites for hydroxylation is 1. The molecule has 15 heavy (non-hydrogen) atoms. The second-order valence-electron chi connectivity index (χ2n) is 3.28.